The van der Waals surface area contributed by atoms with E-state index in [4.69, 9.17) is 4.74 Å². The molecule has 0 aromatic carbocycles. The molecule has 1 saturated carbocycles. The number of Topliss-reactive ketones (excluding diaryl/α,β-unsaturated/α-hetero) is 1. The van der Waals surface area contributed by atoms with E-state index in [0.29, 0.717) is 12.3 Å². The lowest BCUT2D eigenvalue weighted by atomic mass is 9.83. The standard InChI is InChI=1S/C14H24O2/c1-11(2)9-10-13(15)14(16-3)12-7-5-4-6-8-12/h12,14H,1,4-10H2,2-3H3. The van der Waals surface area contributed by atoms with Gasteiger partial charge < -0.3 is 4.74 Å². The molecule has 0 aromatic rings. The van der Waals surface area contributed by atoms with Crippen molar-refractivity contribution in [2.75, 3.05) is 7.11 Å². The normalized spacial score (nSPS) is 19.4. The Morgan fingerprint density at radius 3 is 2.44 bits per heavy atom. The maximum absolute atomic E-state index is 12.0. The van der Waals surface area contributed by atoms with Crippen LogP contribution in [0.4, 0.5) is 0 Å². The minimum atomic E-state index is -0.167. The summed E-state index contributed by atoms with van der Waals surface area (Å²) in [5.74, 6) is 0.716. The molecule has 2 nitrogen and oxygen atoms in total. The lowest BCUT2D eigenvalue weighted by Gasteiger charge is -2.28. The van der Waals surface area contributed by atoms with Crippen LogP contribution < -0.4 is 0 Å². The summed E-state index contributed by atoms with van der Waals surface area (Å²) in [6.07, 6.45) is 7.33. The Kier molecular flexibility index (Phi) is 5.75. The van der Waals surface area contributed by atoms with Crippen LogP contribution in [0.5, 0.6) is 0 Å². The highest BCUT2D eigenvalue weighted by Crippen LogP contribution is 2.29. The third-order valence-electron chi connectivity index (χ3n) is 3.45. The Bertz CT molecular complexity index is 239. The summed E-state index contributed by atoms with van der Waals surface area (Å²) in [5, 5.41) is 0. The Labute approximate surface area is 99.1 Å². The molecule has 0 spiro atoms. The van der Waals surface area contributed by atoms with Gasteiger partial charge in [0.1, 0.15) is 6.10 Å². The minimum absolute atomic E-state index is 0.167. The van der Waals surface area contributed by atoms with Crippen LogP contribution in [-0.2, 0) is 9.53 Å². The molecule has 1 aliphatic rings. The largest absolute Gasteiger partial charge is 0.373 e. The predicted octanol–water partition coefficient (Wildman–Crippen LogP) is 3.51. The summed E-state index contributed by atoms with van der Waals surface area (Å²) >= 11 is 0. The van der Waals surface area contributed by atoms with Gasteiger partial charge in [-0.05, 0) is 32.1 Å². The molecule has 1 atom stereocenters. The number of hydrogen-bond acceptors (Lipinski definition) is 2. The Morgan fingerprint density at radius 2 is 1.94 bits per heavy atom. The zero-order valence-electron chi connectivity index (χ0n) is 10.6. The number of ether oxygens (including phenoxy) is 1. The van der Waals surface area contributed by atoms with Crippen LogP contribution in [-0.4, -0.2) is 19.0 Å². The second-order valence-electron chi connectivity index (χ2n) is 4.98. The zero-order valence-corrected chi connectivity index (χ0v) is 10.6. The monoisotopic (exact) mass is 224 g/mol. The molecule has 0 N–H and O–H groups in total. The number of rotatable bonds is 6. The Balaban J connectivity index is 2.44. The number of ketones is 1. The van der Waals surface area contributed by atoms with E-state index in [9.17, 15) is 4.79 Å². The van der Waals surface area contributed by atoms with E-state index in [2.05, 4.69) is 6.58 Å². The van der Waals surface area contributed by atoms with Gasteiger partial charge >= 0.3 is 0 Å². The van der Waals surface area contributed by atoms with Gasteiger partial charge in [-0.2, -0.15) is 0 Å². The summed E-state index contributed by atoms with van der Waals surface area (Å²) in [5.41, 5.74) is 1.08. The highest BCUT2D eigenvalue weighted by atomic mass is 16.5. The maximum Gasteiger partial charge on any atom is 0.162 e. The summed E-state index contributed by atoms with van der Waals surface area (Å²) < 4.78 is 5.40. The molecule has 1 aliphatic carbocycles. The molecule has 0 saturated heterocycles. The van der Waals surface area contributed by atoms with Crippen LogP contribution in [0.25, 0.3) is 0 Å². The van der Waals surface area contributed by atoms with Crippen molar-refractivity contribution in [2.45, 2.75) is 58.0 Å². The van der Waals surface area contributed by atoms with E-state index in [1.807, 2.05) is 6.92 Å². The van der Waals surface area contributed by atoms with E-state index < -0.39 is 0 Å². The molecular formula is C14H24O2. The minimum Gasteiger partial charge on any atom is -0.373 e. The molecule has 0 radical (unpaired) electrons. The molecule has 1 unspecified atom stereocenters. The molecule has 0 aromatic heterocycles. The number of methoxy groups -OCH3 is 1. The fourth-order valence-corrected chi connectivity index (χ4v) is 2.50. The molecule has 1 rings (SSSR count). The van der Waals surface area contributed by atoms with Gasteiger partial charge in [0.05, 0.1) is 0 Å². The maximum atomic E-state index is 12.0. The number of allylic oxidation sites excluding steroid dienone is 1. The molecule has 0 heterocycles. The zero-order chi connectivity index (χ0) is 12.0. The van der Waals surface area contributed by atoms with Crippen molar-refractivity contribution in [3.63, 3.8) is 0 Å². The second-order valence-corrected chi connectivity index (χ2v) is 4.98. The molecule has 2 heteroatoms. The van der Waals surface area contributed by atoms with E-state index >= 15 is 0 Å². The van der Waals surface area contributed by atoms with Gasteiger partial charge in [0, 0.05) is 13.5 Å². The average Bonchev–Trinajstić information content (AvgIpc) is 2.29. The predicted molar refractivity (Wildman–Crippen MR) is 66.4 cm³/mol. The molecule has 1 fully saturated rings. The smallest absolute Gasteiger partial charge is 0.162 e. The van der Waals surface area contributed by atoms with Crippen molar-refractivity contribution < 1.29 is 9.53 Å². The summed E-state index contributed by atoms with van der Waals surface area (Å²) in [6, 6.07) is 0. The van der Waals surface area contributed by atoms with Crippen LogP contribution >= 0.6 is 0 Å². The summed E-state index contributed by atoms with van der Waals surface area (Å²) in [6.45, 7) is 5.80. The number of carbonyl (C=O) groups is 1. The first-order valence-corrected chi connectivity index (χ1v) is 6.35. The third-order valence-corrected chi connectivity index (χ3v) is 3.45. The van der Waals surface area contributed by atoms with E-state index in [0.717, 1.165) is 24.8 Å². The molecule has 0 bridgehead atoms. The molecule has 0 aliphatic heterocycles. The van der Waals surface area contributed by atoms with Crippen LogP contribution in [0.1, 0.15) is 51.9 Å². The fraction of sp³-hybridized carbons (Fsp3) is 0.786. The van der Waals surface area contributed by atoms with Gasteiger partial charge in [-0.3, -0.25) is 4.79 Å². The van der Waals surface area contributed by atoms with Crippen molar-refractivity contribution >= 4 is 5.78 Å². The molecule has 92 valence electrons. The van der Waals surface area contributed by atoms with Crippen LogP contribution in [0, 0.1) is 5.92 Å². The number of carbonyl (C=O) groups excluding carboxylic acids is 1. The first-order chi connectivity index (χ1) is 7.65. The Hall–Kier alpha value is -0.630. The van der Waals surface area contributed by atoms with Gasteiger partial charge in [0.15, 0.2) is 5.78 Å². The van der Waals surface area contributed by atoms with Crippen LogP contribution in [0.2, 0.25) is 0 Å². The van der Waals surface area contributed by atoms with E-state index in [1.54, 1.807) is 7.11 Å². The van der Waals surface area contributed by atoms with Gasteiger partial charge in [-0.25, -0.2) is 0 Å². The van der Waals surface area contributed by atoms with Crippen LogP contribution in [0.3, 0.4) is 0 Å². The first kappa shape index (κ1) is 13.4. The van der Waals surface area contributed by atoms with Crippen molar-refractivity contribution in [1.82, 2.24) is 0 Å². The van der Waals surface area contributed by atoms with E-state index in [-0.39, 0.29) is 11.9 Å². The summed E-state index contributed by atoms with van der Waals surface area (Å²) in [7, 11) is 1.66. The lowest BCUT2D eigenvalue weighted by Crippen LogP contribution is -2.33. The van der Waals surface area contributed by atoms with Crippen LogP contribution in [0.15, 0.2) is 12.2 Å². The third kappa shape index (κ3) is 4.09. The lowest BCUT2D eigenvalue weighted by molar-refractivity contribution is -0.132. The quantitative estimate of drug-likeness (QED) is 0.645. The molecule has 0 amide bonds. The Morgan fingerprint density at radius 1 is 1.31 bits per heavy atom. The summed E-state index contributed by atoms with van der Waals surface area (Å²) in [4.78, 5) is 12.0. The highest BCUT2D eigenvalue weighted by Gasteiger charge is 2.28. The SMILES string of the molecule is C=C(C)CCC(=O)C(OC)C1CCCCC1. The molecule has 16 heavy (non-hydrogen) atoms. The highest BCUT2D eigenvalue weighted by molar-refractivity contribution is 5.83. The number of hydrogen-bond donors (Lipinski definition) is 0. The second kappa shape index (κ2) is 6.85. The van der Waals surface area contributed by atoms with Gasteiger partial charge in [0.25, 0.3) is 0 Å². The van der Waals surface area contributed by atoms with Crippen molar-refractivity contribution in [3.05, 3.63) is 12.2 Å². The van der Waals surface area contributed by atoms with Gasteiger partial charge in [-0.1, -0.05) is 24.8 Å². The van der Waals surface area contributed by atoms with Crippen molar-refractivity contribution in [2.24, 2.45) is 5.92 Å². The van der Waals surface area contributed by atoms with E-state index in [1.165, 1.54) is 19.3 Å². The van der Waals surface area contributed by atoms with Gasteiger partial charge in [-0.15, -0.1) is 6.58 Å². The molecular weight excluding hydrogens is 200 g/mol. The van der Waals surface area contributed by atoms with Crippen molar-refractivity contribution in [3.8, 4) is 0 Å². The van der Waals surface area contributed by atoms with Crippen molar-refractivity contribution in [1.29, 1.82) is 0 Å². The average molecular weight is 224 g/mol. The van der Waals surface area contributed by atoms with Gasteiger partial charge in [0.2, 0.25) is 0 Å². The fourth-order valence-electron chi connectivity index (χ4n) is 2.50. The topological polar surface area (TPSA) is 26.3 Å². The first-order valence-electron chi connectivity index (χ1n) is 6.35.